The molecule has 0 aromatic rings. The minimum Gasteiger partial charge on any atom is -0.320 e. The van der Waals surface area contributed by atoms with E-state index in [2.05, 4.69) is 22.2 Å². The third kappa shape index (κ3) is 3.94. The molecule has 0 amide bonds. The number of rotatable bonds is 6. The van der Waals surface area contributed by atoms with Gasteiger partial charge < -0.3 is 15.1 Å². The third-order valence-corrected chi connectivity index (χ3v) is 4.83. The van der Waals surface area contributed by atoms with Crippen molar-refractivity contribution in [2.45, 2.75) is 44.6 Å². The monoisotopic (exact) mass is 253 g/mol. The molecule has 2 saturated heterocycles. The predicted molar refractivity (Wildman–Crippen MR) is 78.0 cm³/mol. The summed E-state index contributed by atoms with van der Waals surface area (Å²) in [4.78, 5) is 5.33. The molecule has 2 fully saturated rings. The fourth-order valence-corrected chi connectivity index (χ4v) is 3.74. The molecular formula is C15H31N3. The fraction of sp³-hybridized carbons (Fsp3) is 1.00. The Balaban J connectivity index is 1.64. The Labute approximate surface area is 113 Å². The standard InChI is InChI=1S/C15H31N3/c1-16-9-4-3-5-11-18-12-8-15-14(13-18)7-6-10-17(15)2/h14-16H,3-13H2,1-2H3. The van der Waals surface area contributed by atoms with Crippen LogP contribution in [0.5, 0.6) is 0 Å². The minimum absolute atomic E-state index is 0.888. The van der Waals surface area contributed by atoms with Crippen LogP contribution in [0.2, 0.25) is 0 Å². The van der Waals surface area contributed by atoms with Crippen LogP contribution in [0.15, 0.2) is 0 Å². The van der Waals surface area contributed by atoms with Crippen LogP contribution in [-0.4, -0.2) is 62.7 Å². The lowest BCUT2D eigenvalue weighted by molar-refractivity contribution is 0.0380. The maximum Gasteiger partial charge on any atom is 0.0145 e. The molecule has 2 atom stereocenters. The Morgan fingerprint density at radius 1 is 1.11 bits per heavy atom. The van der Waals surface area contributed by atoms with Crippen molar-refractivity contribution in [1.82, 2.24) is 15.1 Å². The molecular weight excluding hydrogens is 222 g/mol. The molecule has 0 aliphatic carbocycles. The summed E-state index contributed by atoms with van der Waals surface area (Å²) < 4.78 is 0. The maximum atomic E-state index is 3.23. The van der Waals surface area contributed by atoms with Crippen LogP contribution >= 0.6 is 0 Å². The lowest BCUT2D eigenvalue weighted by Crippen LogP contribution is -2.52. The van der Waals surface area contributed by atoms with E-state index in [4.69, 9.17) is 0 Å². The summed E-state index contributed by atoms with van der Waals surface area (Å²) in [6, 6.07) is 0.888. The number of unbranched alkanes of at least 4 members (excludes halogenated alkanes) is 2. The Hall–Kier alpha value is -0.120. The normalized spacial score (nSPS) is 30.3. The van der Waals surface area contributed by atoms with E-state index in [0.717, 1.165) is 12.0 Å². The minimum atomic E-state index is 0.888. The molecule has 3 heteroatoms. The highest BCUT2D eigenvalue weighted by molar-refractivity contribution is 4.89. The highest BCUT2D eigenvalue weighted by Gasteiger charge is 2.33. The molecule has 1 N–H and O–H groups in total. The predicted octanol–water partition coefficient (Wildman–Crippen LogP) is 1.79. The van der Waals surface area contributed by atoms with Gasteiger partial charge >= 0.3 is 0 Å². The van der Waals surface area contributed by atoms with Crippen molar-refractivity contribution >= 4 is 0 Å². The van der Waals surface area contributed by atoms with E-state index in [1.807, 2.05) is 7.05 Å². The Morgan fingerprint density at radius 2 is 2.00 bits per heavy atom. The molecule has 2 rings (SSSR count). The Kier molecular flexibility index (Phi) is 5.93. The second-order valence-corrected chi connectivity index (χ2v) is 6.20. The van der Waals surface area contributed by atoms with Crippen LogP contribution in [0.1, 0.15) is 38.5 Å². The number of nitrogens with one attached hydrogen (secondary N) is 1. The Morgan fingerprint density at radius 3 is 2.83 bits per heavy atom. The lowest BCUT2D eigenvalue weighted by Gasteiger charge is -2.46. The number of nitrogens with zero attached hydrogens (tertiary/aromatic N) is 2. The first-order chi connectivity index (χ1) is 8.81. The third-order valence-electron chi connectivity index (χ3n) is 4.83. The topological polar surface area (TPSA) is 18.5 Å². The molecule has 106 valence electrons. The van der Waals surface area contributed by atoms with Gasteiger partial charge in [0.25, 0.3) is 0 Å². The van der Waals surface area contributed by atoms with E-state index in [1.54, 1.807) is 0 Å². The smallest absolute Gasteiger partial charge is 0.0145 e. The molecule has 2 aliphatic rings. The summed E-state index contributed by atoms with van der Waals surface area (Å²) in [5.74, 6) is 0.954. The second kappa shape index (κ2) is 7.46. The van der Waals surface area contributed by atoms with E-state index in [0.29, 0.717) is 0 Å². The average Bonchev–Trinajstić information content (AvgIpc) is 2.39. The van der Waals surface area contributed by atoms with Crippen LogP contribution in [-0.2, 0) is 0 Å². The molecule has 2 heterocycles. The van der Waals surface area contributed by atoms with Crippen molar-refractivity contribution in [3.8, 4) is 0 Å². The summed E-state index contributed by atoms with van der Waals surface area (Å²) in [6.45, 7) is 6.52. The van der Waals surface area contributed by atoms with Crippen LogP contribution in [0.3, 0.4) is 0 Å². The molecule has 0 bridgehead atoms. The van der Waals surface area contributed by atoms with Crippen LogP contribution in [0.4, 0.5) is 0 Å². The van der Waals surface area contributed by atoms with Gasteiger partial charge in [0, 0.05) is 12.6 Å². The Bertz CT molecular complexity index is 232. The molecule has 18 heavy (non-hydrogen) atoms. The fourth-order valence-electron chi connectivity index (χ4n) is 3.74. The number of hydrogen-bond donors (Lipinski definition) is 1. The van der Waals surface area contributed by atoms with Crippen molar-refractivity contribution < 1.29 is 0 Å². The van der Waals surface area contributed by atoms with Crippen molar-refractivity contribution in [2.24, 2.45) is 5.92 Å². The van der Waals surface area contributed by atoms with Gasteiger partial charge in [0.05, 0.1) is 0 Å². The first-order valence-corrected chi connectivity index (χ1v) is 7.88. The lowest BCUT2D eigenvalue weighted by atomic mass is 9.84. The number of fused-ring (bicyclic) bond motifs is 1. The number of piperidine rings is 2. The molecule has 2 aliphatic heterocycles. The molecule has 3 nitrogen and oxygen atoms in total. The largest absolute Gasteiger partial charge is 0.320 e. The van der Waals surface area contributed by atoms with Crippen molar-refractivity contribution in [2.75, 3.05) is 46.8 Å². The number of likely N-dealkylation sites (tertiary alicyclic amines) is 2. The zero-order valence-corrected chi connectivity index (χ0v) is 12.3. The molecule has 0 saturated carbocycles. The van der Waals surface area contributed by atoms with Gasteiger partial charge in [-0.3, -0.25) is 0 Å². The van der Waals surface area contributed by atoms with E-state index < -0.39 is 0 Å². The van der Waals surface area contributed by atoms with Gasteiger partial charge in [0.15, 0.2) is 0 Å². The van der Waals surface area contributed by atoms with E-state index in [9.17, 15) is 0 Å². The average molecular weight is 253 g/mol. The van der Waals surface area contributed by atoms with Crippen LogP contribution in [0, 0.1) is 5.92 Å². The van der Waals surface area contributed by atoms with E-state index in [1.165, 1.54) is 71.2 Å². The van der Waals surface area contributed by atoms with Gasteiger partial charge in [-0.25, -0.2) is 0 Å². The summed E-state index contributed by atoms with van der Waals surface area (Å²) in [6.07, 6.45) is 8.37. The van der Waals surface area contributed by atoms with Gasteiger partial charge in [0.1, 0.15) is 0 Å². The quantitative estimate of drug-likeness (QED) is 0.728. The van der Waals surface area contributed by atoms with E-state index in [-0.39, 0.29) is 0 Å². The van der Waals surface area contributed by atoms with Crippen molar-refractivity contribution in [1.29, 1.82) is 0 Å². The summed E-state index contributed by atoms with van der Waals surface area (Å²) >= 11 is 0. The molecule has 0 aromatic carbocycles. The maximum absolute atomic E-state index is 3.23. The SMILES string of the molecule is CNCCCCCN1CCC2C(CCCN2C)C1. The number of hydrogen-bond acceptors (Lipinski definition) is 3. The van der Waals surface area contributed by atoms with Crippen LogP contribution < -0.4 is 5.32 Å². The zero-order chi connectivity index (χ0) is 12.8. The molecule has 0 spiro atoms. The molecule has 2 unspecified atom stereocenters. The van der Waals surface area contributed by atoms with Gasteiger partial charge in [-0.15, -0.1) is 0 Å². The van der Waals surface area contributed by atoms with Crippen molar-refractivity contribution in [3.63, 3.8) is 0 Å². The summed E-state index contributed by atoms with van der Waals surface area (Å²) in [7, 11) is 4.37. The van der Waals surface area contributed by atoms with E-state index >= 15 is 0 Å². The van der Waals surface area contributed by atoms with Crippen LogP contribution in [0.25, 0.3) is 0 Å². The summed E-state index contributed by atoms with van der Waals surface area (Å²) in [5, 5.41) is 3.23. The first-order valence-electron chi connectivity index (χ1n) is 7.88. The first kappa shape index (κ1) is 14.3. The summed E-state index contributed by atoms with van der Waals surface area (Å²) in [5.41, 5.74) is 0. The van der Waals surface area contributed by atoms with Crippen molar-refractivity contribution in [3.05, 3.63) is 0 Å². The second-order valence-electron chi connectivity index (χ2n) is 6.20. The van der Waals surface area contributed by atoms with Gasteiger partial charge in [-0.05, 0) is 78.3 Å². The highest BCUT2D eigenvalue weighted by atomic mass is 15.2. The van der Waals surface area contributed by atoms with Gasteiger partial charge in [-0.2, -0.15) is 0 Å². The molecule has 0 aromatic heterocycles. The highest BCUT2D eigenvalue weighted by Crippen LogP contribution is 2.29. The van der Waals surface area contributed by atoms with Gasteiger partial charge in [0.2, 0.25) is 0 Å². The van der Waals surface area contributed by atoms with Gasteiger partial charge in [-0.1, -0.05) is 6.42 Å². The zero-order valence-electron chi connectivity index (χ0n) is 12.3. The molecule has 0 radical (unpaired) electrons.